The minimum Gasteiger partial charge on any atom is -0.395 e. The fourth-order valence-electron chi connectivity index (χ4n) is 3.70. The van der Waals surface area contributed by atoms with Crippen LogP contribution in [-0.2, 0) is 10.0 Å². The molecule has 1 aliphatic rings. The molecule has 35 heavy (non-hydrogen) atoms. The van der Waals surface area contributed by atoms with E-state index in [4.69, 9.17) is 27.6 Å². The van der Waals surface area contributed by atoms with Crippen LogP contribution in [0.15, 0.2) is 57.8 Å². The third-order valence-electron chi connectivity index (χ3n) is 5.39. The average Bonchev–Trinajstić information content (AvgIpc) is 3.33. The fraction of sp³-hybridized carbons (Fsp3) is 0.227. The lowest BCUT2D eigenvalue weighted by Crippen LogP contribution is -2.30. The van der Waals surface area contributed by atoms with E-state index in [1.54, 1.807) is 6.07 Å². The van der Waals surface area contributed by atoms with Gasteiger partial charge in [-0.05, 0) is 61.7 Å². The SMILES string of the molecule is O=C(Nc1cc(S(=O)(=O)Nc2cc(Cl)ccc2Cl)ccc1N1CCCCC1)c1ccc([N+](=O)[O-])o1. The number of furan rings is 1. The largest absolute Gasteiger partial charge is 0.433 e. The van der Waals surface area contributed by atoms with E-state index in [-0.39, 0.29) is 27.1 Å². The zero-order valence-corrected chi connectivity index (χ0v) is 20.5. The van der Waals surface area contributed by atoms with Crippen molar-refractivity contribution in [3.8, 4) is 0 Å². The summed E-state index contributed by atoms with van der Waals surface area (Å²) < 4.78 is 33.6. The Morgan fingerprint density at radius 2 is 1.74 bits per heavy atom. The highest BCUT2D eigenvalue weighted by Crippen LogP contribution is 2.33. The van der Waals surface area contributed by atoms with E-state index in [0.717, 1.165) is 38.4 Å². The summed E-state index contributed by atoms with van der Waals surface area (Å²) in [6.07, 6.45) is 2.98. The van der Waals surface area contributed by atoms with Crippen molar-refractivity contribution in [2.75, 3.05) is 28.0 Å². The third kappa shape index (κ3) is 5.69. The lowest BCUT2D eigenvalue weighted by atomic mass is 10.1. The molecule has 2 N–H and O–H groups in total. The summed E-state index contributed by atoms with van der Waals surface area (Å²) in [7, 11) is -4.11. The van der Waals surface area contributed by atoms with Crippen molar-refractivity contribution in [3.05, 3.63) is 74.5 Å². The maximum absolute atomic E-state index is 13.1. The summed E-state index contributed by atoms with van der Waals surface area (Å²) in [6.45, 7) is 1.47. The van der Waals surface area contributed by atoms with Gasteiger partial charge in [0.1, 0.15) is 4.92 Å². The first-order chi connectivity index (χ1) is 16.6. The zero-order chi connectivity index (χ0) is 25.2. The van der Waals surface area contributed by atoms with E-state index in [9.17, 15) is 23.3 Å². The van der Waals surface area contributed by atoms with Gasteiger partial charge in [-0.1, -0.05) is 23.2 Å². The molecule has 0 saturated carbocycles. The number of rotatable bonds is 7. The predicted molar refractivity (Wildman–Crippen MR) is 133 cm³/mol. The second-order valence-electron chi connectivity index (χ2n) is 7.81. The first-order valence-electron chi connectivity index (χ1n) is 10.6. The van der Waals surface area contributed by atoms with Crippen molar-refractivity contribution in [2.45, 2.75) is 24.2 Å². The number of benzene rings is 2. The van der Waals surface area contributed by atoms with Gasteiger partial charge >= 0.3 is 5.88 Å². The van der Waals surface area contributed by atoms with Crippen LogP contribution < -0.4 is 14.9 Å². The van der Waals surface area contributed by atoms with Gasteiger partial charge in [-0.25, -0.2) is 8.42 Å². The number of nitrogens with one attached hydrogen (secondary N) is 2. The van der Waals surface area contributed by atoms with Gasteiger partial charge in [0.2, 0.25) is 0 Å². The number of piperidine rings is 1. The number of nitro groups is 1. The average molecular weight is 539 g/mol. The van der Waals surface area contributed by atoms with E-state index in [1.807, 2.05) is 4.90 Å². The minimum atomic E-state index is -4.11. The molecule has 0 spiro atoms. The second-order valence-corrected chi connectivity index (χ2v) is 10.3. The van der Waals surface area contributed by atoms with Crippen LogP contribution in [0.4, 0.5) is 22.9 Å². The Morgan fingerprint density at radius 1 is 1.00 bits per heavy atom. The standard InChI is InChI=1S/C22H20Cl2N4O6S/c23-14-4-6-16(24)17(12-14)26-35(32,33)15-5-7-19(27-10-2-1-3-11-27)18(13-15)25-22(29)20-8-9-21(34-20)28(30)31/h4-9,12-13,26H,1-3,10-11H2,(H,25,29). The lowest BCUT2D eigenvalue weighted by Gasteiger charge is -2.30. The highest BCUT2D eigenvalue weighted by molar-refractivity contribution is 7.92. The van der Waals surface area contributed by atoms with E-state index in [2.05, 4.69) is 10.0 Å². The molecule has 1 aliphatic heterocycles. The molecule has 1 aromatic heterocycles. The minimum absolute atomic E-state index is 0.104. The Balaban J connectivity index is 1.68. The van der Waals surface area contributed by atoms with Gasteiger partial charge in [-0.15, -0.1) is 0 Å². The number of halogens is 2. The summed E-state index contributed by atoms with van der Waals surface area (Å²) in [6, 6.07) is 11.0. The summed E-state index contributed by atoms with van der Waals surface area (Å²) in [5.41, 5.74) is 0.947. The van der Waals surface area contributed by atoms with Gasteiger partial charge in [0.25, 0.3) is 15.9 Å². The molecule has 1 amide bonds. The smallest absolute Gasteiger partial charge is 0.395 e. The molecule has 0 unspecified atom stereocenters. The number of carbonyl (C=O) groups is 1. The molecular weight excluding hydrogens is 519 g/mol. The monoisotopic (exact) mass is 538 g/mol. The number of sulfonamides is 1. The number of amides is 1. The van der Waals surface area contributed by atoms with E-state index in [1.165, 1.54) is 36.4 Å². The Hall–Kier alpha value is -3.28. The second kappa shape index (κ2) is 10.1. The number of carbonyl (C=O) groups excluding carboxylic acids is 1. The van der Waals surface area contributed by atoms with Crippen LogP contribution in [0.3, 0.4) is 0 Å². The number of hydrogen-bond donors (Lipinski definition) is 2. The maximum Gasteiger partial charge on any atom is 0.433 e. The molecule has 2 heterocycles. The van der Waals surface area contributed by atoms with Crippen LogP contribution in [-0.4, -0.2) is 32.3 Å². The van der Waals surface area contributed by atoms with Gasteiger partial charge in [-0.2, -0.15) is 0 Å². The molecule has 4 rings (SSSR count). The van der Waals surface area contributed by atoms with Crippen molar-refractivity contribution in [2.24, 2.45) is 0 Å². The highest BCUT2D eigenvalue weighted by Gasteiger charge is 2.24. The van der Waals surface area contributed by atoms with Crippen LogP contribution in [0.1, 0.15) is 29.8 Å². The molecule has 0 bridgehead atoms. The molecule has 184 valence electrons. The predicted octanol–water partition coefficient (Wildman–Crippen LogP) is 5.54. The van der Waals surface area contributed by atoms with Crippen molar-refractivity contribution >= 4 is 62.1 Å². The van der Waals surface area contributed by atoms with Crippen LogP contribution >= 0.6 is 23.2 Å². The van der Waals surface area contributed by atoms with Gasteiger partial charge in [0, 0.05) is 18.1 Å². The molecule has 3 aromatic rings. The summed E-state index contributed by atoms with van der Waals surface area (Å²) in [5.74, 6) is -1.61. The molecule has 13 heteroatoms. The lowest BCUT2D eigenvalue weighted by molar-refractivity contribution is -0.402. The first kappa shape index (κ1) is 24.8. The van der Waals surface area contributed by atoms with E-state index < -0.39 is 26.7 Å². The van der Waals surface area contributed by atoms with Crippen molar-refractivity contribution in [3.63, 3.8) is 0 Å². The van der Waals surface area contributed by atoms with E-state index in [0.29, 0.717) is 10.7 Å². The number of anilines is 3. The van der Waals surface area contributed by atoms with Gasteiger partial charge in [0.05, 0.1) is 33.0 Å². The Bertz CT molecular complexity index is 1390. The molecular formula is C22H20Cl2N4O6S. The van der Waals surface area contributed by atoms with Crippen molar-refractivity contribution in [1.82, 2.24) is 0 Å². The molecule has 1 fully saturated rings. The van der Waals surface area contributed by atoms with Crippen LogP contribution in [0.5, 0.6) is 0 Å². The molecule has 0 aliphatic carbocycles. The van der Waals surface area contributed by atoms with Gasteiger partial charge < -0.3 is 14.6 Å². The number of hydrogen-bond acceptors (Lipinski definition) is 7. The zero-order valence-electron chi connectivity index (χ0n) is 18.2. The quantitative estimate of drug-likeness (QED) is 0.297. The summed E-state index contributed by atoms with van der Waals surface area (Å²) >= 11 is 12.1. The molecule has 2 aromatic carbocycles. The molecule has 10 nitrogen and oxygen atoms in total. The molecule has 0 atom stereocenters. The normalized spacial score (nSPS) is 13.9. The van der Waals surface area contributed by atoms with Crippen LogP contribution in [0, 0.1) is 10.1 Å². The maximum atomic E-state index is 13.1. The summed E-state index contributed by atoms with van der Waals surface area (Å²) in [4.78, 5) is 24.8. The van der Waals surface area contributed by atoms with E-state index >= 15 is 0 Å². The first-order valence-corrected chi connectivity index (χ1v) is 12.8. The van der Waals surface area contributed by atoms with Gasteiger partial charge in [0.15, 0.2) is 5.76 Å². The Kier molecular flexibility index (Phi) is 7.20. The number of nitrogens with zero attached hydrogens (tertiary/aromatic N) is 2. The Morgan fingerprint density at radius 3 is 2.43 bits per heavy atom. The third-order valence-corrected chi connectivity index (χ3v) is 7.32. The fourth-order valence-corrected chi connectivity index (χ4v) is 5.19. The van der Waals surface area contributed by atoms with Crippen molar-refractivity contribution in [1.29, 1.82) is 0 Å². The van der Waals surface area contributed by atoms with Crippen LogP contribution in [0.2, 0.25) is 10.0 Å². The molecule has 1 saturated heterocycles. The Labute approximate surface area is 211 Å². The summed E-state index contributed by atoms with van der Waals surface area (Å²) in [5, 5.41) is 14.0. The van der Waals surface area contributed by atoms with Gasteiger partial charge in [-0.3, -0.25) is 19.6 Å². The van der Waals surface area contributed by atoms with Crippen LogP contribution in [0.25, 0.3) is 0 Å². The van der Waals surface area contributed by atoms with Crippen molar-refractivity contribution < 1.29 is 22.6 Å². The topological polar surface area (TPSA) is 135 Å². The highest BCUT2D eigenvalue weighted by atomic mass is 35.5. The molecule has 0 radical (unpaired) electrons.